The molecule has 0 saturated heterocycles. The van der Waals surface area contributed by atoms with Gasteiger partial charge in [0, 0.05) is 15.7 Å². The van der Waals surface area contributed by atoms with Gasteiger partial charge in [0.15, 0.2) is 21.2 Å². The Balaban J connectivity index is 0.000000385. The van der Waals surface area contributed by atoms with E-state index in [-0.39, 0.29) is 5.69 Å². The highest BCUT2D eigenvalue weighted by atomic mass is 127. The third-order valence-corrected chi connectivity index (χ3v) is 2.35. The first kappa shape index (κ1) is 15.0. The van der Waals surface area contributed by atoms with Crippen LogP contribution in [0.1, 0.15) is 0 Å². The van der Waals surface area contributed by atoms with Gasteiger partial charge in [0.05, 0.1) is 4.92 Å². The summed E-state index contributed by atoms with van der Waals surface area (Å²) in [7, 11) is -3.67. The zero-order chi connectivity index (χ0) is 12.8. The number of benzene rings is 1. The van der Waals surface area contributed by atoms with Gasteiger partial charge in [-0.25, -0.2) is 10.3 Å². The first-order valence-corrected chi connectivity index (χ1v) is 7.13. The van der Waals surface area contributed by atoms with Gasteiger partial charge < -0.3 is 0 Å². The number of nitrogens with zero attached hydrogens (tertiary/aromatic N) is 1. The van der Waals surface area contributed by atoms with Crippen LogP contribution in [0.4, 0.5) is 5.69 Å². The minimum Gasteiger partial charge on any atom is -0.265 e. The van der Waals surface area contributed by atoms with E-state index in [1.165, 1.54) is 24.3 Å². The third-order valence-electron chi connectivity index (χ3n) is 1.13. The summed E-state index contributed by atoms with van der Waals surface area (Å²) < 4.78 is 29.4. The molecule has 1 rings (SSSR count). The van der Waals surface area contributed by atoms with Gasteiger partial charge >= 0.3 is 0 Å². The van der Waals surface area contributed by atoms with E-state index < -0.39 is 36.3 Å². The van der Waals surface area contributed by atoms with Crippen LogP contribution >= 0.6 is 21.2 Å². The second-order valence-electron chi connectivity index (χ2n) is 2.40. The van der Waals surface area contributed by atoms with Crippen molar-refractivity contribution in [1.82, 2.24) is 0 Å². The fourth-order valence-electron chi connectivity index (χ4n) is 0.614. The zero-order valence-corrected chi connectivity index (χ0v) is 10.7. The van der Waals surface area contributed by atoms with Crippen LogP contribution in [0, 0.1) is 13.7 Å². The third kappa shape index (κ3) is 8.34. The molecule has 1 aromatic rings. The van der Waals surface area contributed by atoms with Gasteiger partial charge in [-0.1, -0.05) is 0 Å². The van der Waals surface area contributed by atoms with E-state index in [1.54, 1.807) is 0 Å². The standard InChI is InChI=1S/C6H4INO3.H4N2O2S/c9-7-5-1-3-6(4-2-5)8(10)11;1-5(2,3)4/h1-4H;(H4,1,2,3,4). The molecule has 0 amide bonds. The first-order chi connectivity index (χ1) is 7.24. The highest BCUT2D eigenvalue weighted by molar-refractivity contribution is 14.1. The summed E-state index contributed by atoms with van der Waals surface area (Å²) in [6.07, 6.45) is 0. The lowest BCUT2D eigenvalue weighted by atomic mass is 10.3. The van der Waals surface area contributed by atoms with Crippen LogP contribution < -0.4 is 10.3 Å². The van der Waals surface area contributed by atoms with E-state index in [9.17, 15) is 21.6 Å². The predicted molar refractivity (Wildman–Crippen MR) is 63.8 cm³/mol. The van der Waals surface area contributed by atoms with Crippen molar-refractivity contribution >= 4 is 37.1 Å². The van der Waals surface area contributed by atoms with Crippen molar-refractivity contribution in [3.05, 3.63) is 37.9 Å². The minimum absolute atomic E-state index is 0.0335. The van der Waals surface area contributed by atoms with Gasteiger partial charge in [-0.2, -0.15) is 8.42 Å². The molecule has 0 aliphatic rings. The van der Waals surface area contributed by atoms with E-state index in [4.69, 9.17) is 0 Å². The second-order valence-corrected chi connectivity index (χ2v) is 5.26. The van der Waals surface area contributed by atoms with E-state index in [0.29, 0.717) is 3.57 Å². The lowest BCUT2D eigenvalue weighted by Crippen LogP contribution is -2.21. The van der Waals surface area contributed by atoms with Crippen LogP contribution in [0.15, 0.2) is 24.3 Å². The normalized spacial score (nSPS) is 10.1. The molecular formula is C6H8IN3O5S. The Labute approximate surface area is 102 Å². The molecular weight excluding hydrogens is 353 g/mol. The Morgan fingerprint density at radius 1 is 1.19 bits per heavy atom. The van der Waals surface area contributed by atoms with Crippen LogP contribution in [0.25, 0.3) is 0 Å². The van der Waals surface area contributed by atoms with E-state index in [0.717, 1.165) is 0 Å². The number of non-ortho nitro benzene ring substituents is 1. The number of hydrogen-bond donors (Lipinski definition) is 2. The van der Waals surface area contributed by atoms with Crippen LogP contribution in [-0.4, -0.2) is 13.3 Å². The summed E-state index contributed by atoms with van der Waals surface area (Å²) in [4.78, 5) is 9.66. The van der Waals surface area contributed by atoms with Crippen molar-refractivity contribution in [2.24, 2.45) is 10.3 Å². The number of halogens is 1. The molecule has 0 fully saturated rings. The average molecular weight is 361 g/mol. The molecule has 0 atom stereocenters. The molecule has 0 heterocycles. The van der Waals surface area contributed by atoms with Crippen LogP contribution in [-0.2, 0) is 13.3 Å². The van der Waals surface area contributed by atoms with Crippen molar-refractivity contribution in [2.75, 3.05) is 0 Å². The van der Waals surface area contributed by atoms with E-state index in [1.807, 2.05) is 0 Å². The molecule has 0 radical (unpaired) electrons. The molecule has 4 N–H and O–H groups in total. The van der Waals surface area contributed by atoms with Crippen molar-refractivity contribution in [3.63, 3.8) is 0 Å². The topological polar surface area (TPSA) is 146 Å². The molecule has 1 aromatic carbocycles. The van der Waals surface area contributed by atoms with Crippen molar-refractivity contribution in [1.29, 1.82) is 0 Å². The fourth-order valence-corrected chi connectivity index (χ4v) is 1.27. The van der Waals surface area contributed by atoms with Crippen LogP contribution in [0.5, 0.6) is 0 Å². The Morgan fingerprint density at radius 3 is 1.81 bits per heavy atom. The molecule has 0 aromatic heterocycles. The molecule has 90 valence electrons. The Kier molecular flexibility index (Phi) is 6.17. The number of nitro groups is 1. The number of nitrogens with two attached hydrogens (primary N) is 2. The summed E-state index contributed by atoms with van der Waals surface area (Å²) in [6, 6.07) is 5.73. The molecule has 16 heavy (non-hydrogen) atoms. The molecule has 0 spiro atoms. The molecule has 10 heteroatoms. The summed E-state index contributed by atoms with van der Waals surface area (Å²) in [5.74, 6) is 0. The minimum atomic E-state index is -3.67. The Hall–Kier alpha value is -0.980. The highest BCUT2D eigenvalue weighted by Crippen LogP contribution is 2.15. The SMILES string of the molecule is NS(N)(=O)=O.O=Ic1ccc([N+](=O)[O-])cc1. The van der Waals surface area contributed by atoms with Crippen molar-refractivity contribution in [2.45, 2.75) is 0 Å². The first-order valence-electron chi connectivity index (χ1n) is 3.56. The van der Waals surface area contributed by atoms with Gasteiger partial charge in [-0.15, -0.1) is 0 Å². The average Bonchev–Trinajstić information content (AvgIpc) is 2.15. The molecule has 0 bridgehead atoms. The van der Waals surface area contributed by atoms with Gasteiger partial charge in [0.25, 0.3) is 15.9 Å². The van der Waals surface area contributed by atoms with Crippen LogP contribution in [0.3, 0.4) is 0 Å². The summed E-state index contributed by atoms with van der Waals surface area (Å²) in [5.41, 5.74) is 0.0335. The lowest BCUT2D eigenvalue weighted by Gasteiger charge is -1.88. The monoisotopic (exact) mass is 361 g/mol. The molecule has 0 aliphatic carbocycles. The van der Waals surface area contributed by atoms with Gasteiger partial charge in [-0.05, 0) is 12.1 Å². The zero-order valence-electron chi connectivity index (χ0n) is 7.74. The molecule has 0 saturated carbocycles. The smallest absolute Gasteiger partial charge is 0.265 e. The quantitative estimate of drug-likeness (QED) is 0.440. The van der Waals surface area contributed by atoms with Crippen molar-refractivity contribution < 1.29 is 16.4 Å². The highest BCUT2D eigenvalue weighted by Gasteiger charge is 2.02. The van der Waals surface area contributed by atoms with E-state index >= 15 is 0 Å². The molecule has 8 nitrogen and oxygen atoms in total. The molecule has 0 unspecified atom stereocenters. The van der Waals surface area contributed by atoms with Gasteiger partial charge in [0.2, 0.25) is 0 Å². The maximum atomic E-state index is 10.4. The van der Waals surface area contributed by atoms with Crippen LogP contribution in [0.2, 0.25) is 0 Å². The maximum absolute atomic E-state index is 10.4. The molecule has 0 aliphatic heterocycles. The van der Waals surface area contributed by atoms with E-state index in [2.05, 4.69) is 10.3 Å². The predicted octanol–water partition coefficient (Wildman–Crippen LogP) is 0.229. The van der Waals surface area contributed by atoms with Gasteiger partial charge in [0.1, 0.15) is 0 Å². The number of hydrogen-bond acceptors (Lipinski definition) is 5. The fraction of sp³-hybridized carbons (Fsp3) is 0. The summed E-state index contributed by atoms with van der Waals surface area (Å²) >= 11 is -1.20. The largest absolute Gasteiger partial charge is 0.271 e. The maximum Gasteiger partial charge on any atom is 0.271 e. The Bertz CT molecular complexity index is 463. The summed E-state index contributed by atoms with van der Waals surface area (Å²) in [5, 5.41) is 18.3. The Morgan fingerprint density at radius 2 is 1.56 bits per heavy atom. The second kappa shape index (κ2) is 6.57. The van der Waals surface area contributed by atoms with Gasteiger partial charge in [-0.3, -0.25) is 13.2 Å². The number of rotatable bonds is 2. The van der Waals surface area contributed by atoms with Crippen molar-refractivity contribution in [3.8, 4) is 0 Å². The lowest BCUT2D eigenvalue weighted by molar-refractivity contribution is -0.384. The number of nitro benzene ring substituents is 1. The summed E-state index contributed by atoms with van der Waals surface area (Å²) in [6.45, 7) is 0.